The summed E-state index contributed by atoms with van der Waals surface area (Å²) < 4.78 is 19.6. The highest BCUT2D eigenvalue weighted by molar-refractivity contribution is 5.79. The van der Waals surface area contributed by atoms with Crippen molar-refractivity contribution in [1.82, 2.24) is 5.32 Å². The van der Waals surface area contributed by atoms with Crippen molar-refractivity contribution in [1.29, 1.82) is 0 Å². The van der Waals surface area contributed by atoms with Gasteiger partial charge in [0.05, 0.1) is 24.8 Å². The van der Waals surface area contributed by atoms with Gasteiger partial charge in [0.15, 0.2) is 0 Å². The minimum absolute atomic E-state index is 0.0207. The smallest absolute Gasteiger partial charge is 0.224 e. The van der Waals surface area contributed by atoms with E-state index in [1.807, 2.05) is 11.0 Å². The summed E-state index contributed by atoms with van der Waals surface area (Å²) >= 11 is 0. The maximum absolute atomic E-state index is 14.3. The van der Waals surface area contributed by atoms with Gasteiger partial charge in [0.25, 0.3) is 0 Å². The third kappa shape index (κ3) is 3.82. The van der Waals surface area contributed by atoms with E-state index in [0.717, 1.165) is 24.8 Å². The van der Waals surface area contributed by atoms with E-state index in [1.54, 1.807) is 6.07 Å². The lowest BCUT2D eigenvalue weighted by Gasteiger charge is -2.29. The Labute approximate surface area is 136 Å². The number of nitrogens with zero attached hydrogens (tertiary/aromatic N) is 1. The Kier molecular flexibility index (Phi) is 5.13. The van der Waals surface area contributed by atoms with Crippen molar-refractivity contribution in [3.63, 3.8) is 0 Å². The molecule has 2 atom stereocenters. The largest absolute Gasteiger partial charge is 0.378 e. The van der Waals surface area contributed by atoms with Crippen LogP contribution in [-0.4, -0.2) is 38.3 Å². The quantitative estimate of drug-likeness (QED) is 0.880. The van der Waals surface area contributed by atoms with Gasteiger partial charge in [0.2, 0.25) is 5.91 Å². The van der Waals surface area contributed by atoms with E-state index < -0.39 is 0 Å². The lowest BCUT2D eigenvalue weighted by molar-refractivity contribution is -0.125. The maximum atomic E-state index is 14.3. The van der Waals surface area contributed by atoms with Gasteiger partial charge in [-0.3, -0.25) is 4.79 Å². The predicted molar refractivity (Wildman–Crippen MR) is 86.6 cm³/mol. The average Bonchev–Trinajstić information content (AvgIpc) is 3.00. The standard InChI is InChI=1S/C17H24FN3O2/c18-14-10-12(4-5-16(14)21-6-8-23-9-7-21)11-20-17(22)13-2-1-3-15(13)19/h4-5,10,13,15H,1-3,6-9,11,19H2,(H,20,22)/t13-,15-/m0/s1. The number of nitrogens with one attached hydrogen (secondary N) is 1. The molecule has 2 fully saturated rings. The van der Waals surface area contributed by atoms with E-state index in [0.29, 0.717) is 38.5 Å². The van der Waals surface area contributed by atoms with Gasteiger partial charge < -0.3 is 20.7 Å². The summed E-state index contributed by atoms with van der Waals surface area (Å²) in [5.74, 6) is -0.378. The molecule has 1 saturated heterocycles. The van der Waals surface area contributed by atoms with E-state index >= 15 is 0 Å². The number of ether oxygens (including phenoxy) is 1. The fourth-order valence-electron chi connectivity index (χ4n) is 3.36. The second-order valence-corrected chi connectivity index (χ2v) is 6.30. The summed E-state index contributed by atoms with van der Waals surface area (Å²) in [4.78, 5) is 14.1. The fraction of sp³-hybridized carbons (Fsp3) is 0.588. The molecule has 23 heavy (non-hydrogen) atoms. The molecule has 0 unspecified atom stereocenters. The van der Waals surface area contributed by atoms with Crippen molar-refractivity contribution in [2.75, 3.05) is 31.2 Å². The molecule has 1 saturated carbocycles. The van der Waals surface area contributed by atoms with Crippen LogP contribution in [-0.2, 0) is 16.1 Å². The van der Waals surface area contributed by atoms with Crippen LogP contribution in [0.5, 0.6) is 0 Å². The number of halogens is 1. The Morgan fingerprint density at radius 3 is 2.78 bits per heavy atom. The van der Waals surface area contributed by atoms with Crippen molar-refractivity contribution in [2.24, 2.45) is 11.7 Å². The van der Waals surface area contributed by atoms with E-state index in [2.05, 4.69) is 5.32 Å². The molecule has 0 bridgehead atoms. The number of amides is 1. The van der Waals surface area contributed by atoms with Gasteiger partial charge in [-0.25, -0.2) is 4.39 Å². The third-order valence-corrected chi connectivity index (χ3v) is 4.74. The Morgan fingerprint density at radius 1 is 1.35 bits per heavy atom. The van der Waals surface area contributed by atoms with Crippen molar-refractivity contribution in [3.8, 4) is 0 Å². The summed E-state index contributed by atoms with van der Waals surface area (Å²) in [5, 5.41) is 2.88. The van der Waals surface area contributed by atoms with Crippen LogP contribution in [0.4, 0.5) is 10.1 Å². The molecule has 5 nitrogen and oxygen atoms in total. The molecular formula is C17H24FN3O2. The van der Waals surface area contributed by atoms with Crippen LogP contribution in [0.2, 0.25) is 0 Å². The molecule has 1 aromatic carbocycles. The summed E-state index contributed by atoms with van der Waals surface area (Å²) in [5.41, 5.74) is 7.30. The zero-order valence-corrected chi connectivity index (χ0v) is 13.3. The van der Waals surface area contributed by atoms with Gasteiger partial charge >= 0.3 is 0 Å². The van der Waals surface area contributed by atoms with Crippen molar-refractivity contribution in [2.45, 2.75) is 31.8 Å². The zero-order valence-electron chi connectivity index (χ0n) is 13.3. The average molecular weight is 321 g/mol. The van der Waals surface area contributed by atoms with Crippen LogP contribution < -0.4 is 16.0 Å². The predicted octanol–water partition coefficient (Wildman–Crippen LogP) is 1.41. The number of carbonyl (C=O) groups is 1. The molecule has 1 aromatic rings. The topological polar surface area (TPSA) is 67.6 Å². The molecule has 1 amide bonds. The molecule has 126 valence electrons. The van der Waals surface area contributed by atoms with Crippen LogP contribution in [0.3, 0.4) is 0 Å². The molecule has 6 heteroatoms. The Hall–Kier alpha value is -1.66. The number of benzene rings is 1. The monoisotopic (exact) mass is 321 g/mol. The summed E-state index contributed by atoms with van der Waals surface area (Å²) in [6.07, 6.45) is 2.75. The number of hydrogen-bond donors (Lipinski definition) is 2. The molecule has 3 rings (SSSR count). The first-order chi connectivity index (χ1) is 11.1. The number of rotatable bonds is 4. The molecule has 1 aliphatic carbocycles. The minimum atomic E-state index is -0.254. The maximum Gasteiger partial charge on any atom is 0.224 e. The highest BCUT2D eigenvalue weighted by Crippen LogP contribution is 2.24. The number of nitrogens with two attached hydrogens (primary N) is 1. The van der Waals surface area contributed by atoms with Crippen LogP contribution >= 0.6 is 0 Å². The van der Waals surface area contributed by atoms with E-state index in [1.165, 1.54) is 6.07 Å². The summed E-state index contributed by atoms with van der Waals surface area (Å²) in [7, 11) is 0. The number of carbonyl (C=O) groups excluding carboxylic acids is 1. The lowest BCUT2D eigenvalue weighted by atomic mass is 10.0. The summed E-state index contributed by atoms with van der Waals surface area (Å²) in [6, 6.07) is 5.10. The fourth-order valence-corrected chi connectivity index (χ4v) is 3.36. The Balaban J connectivity index is 1.58. The first-order valence-corrected chi connectivity index (χ1v) is 8.29. The summed E-state index contributed by atoms with van der Waals surface area (Å²) in [6.45, 7) is 2.99. The van der Waals surface area contributed by atoms with E-state index in [4.69, 9.17) is 10.5 Å². The second kappa shape index (κ2) is 7.27. The second-order valence-electron chi connectivity index (χ2n) is 6.30. The van der Waals surface area contributed by atoms with Crippen LogP contribution in [0, 0.1) is 11.7 Å². The van der Waals surface area contributed by atoms with E-state index in [-0.39, 0.29) is 23.7 Å². The van der Waals surface area contributed by atoms with Crippen LogP contribution in [0.15, 0.2) is 18.2 Å². The molecule has 2 aliphatic rings. The first-order valence-electron chi connectivity index (χ1n) is 8.29. The molecule has 0 spiro atoms. The molecule has 3 N–H and O–H groups in total. The number of anilines is 1. The minimum Gasteiger partial charge on any atom is -0.378 e. The van der Waals surface area contributed by atoms with Gasteiger partial charge in [-0.15, -0.1) is 0 Å². The molecule has 1 aliphatic heterocycles. The SMILES string of the molecule is N[C@H]1CCC[C@@H]1C(=O)NCc1ccc(N2CCOCC2)c(F)c1. The number of hydrogen-bond acceptors (Lipinski definition) is 4. The van der Waals surface area contributed by atoms with Gasteiger partial charge in [0.1, 0.15) is 5.82 Å². The van der Waals surface area contributed by atoms with Crippen LogP contribution in [0.1, 0.15) is 24.8 Å². The zero-order chi connectivity index (χ0) is 16.2. The lowest BCUT2D eigenvalue weighted by Crippen LogP contribution is -2.38. The van der Waals surface area contributed by atoms with Crippen molar-refractivity contribution < 1.29 is 13.9 Å². The molecule has 1 heterocycles. The molecule has 0 aromatic heterocycles. The van der Waals surface area contributed by atoms with Gasteiger partial charge in [0, 0.05) is 25.7 Å². The van der Waals surface area contributed by atoms with Crippen molar-refractivity contribution in [3.05, 3.63) is 29.6 Å². The van der Waals surface area contributed by atoms with Crippen molar-refractivity contribution >= 4 is 11.6 Å². The molecular weight excluding hydrogens is 297 g/mol. The third-order valence-electron chi connectivity index (χ3n) is 4.74. The van der Waals surface area contributed by atoms with Gasteiger partial charge in [-0.05, 0) is 30.5 Å². The normalized spacial score (nSPS) is 24.7. The number of morpholine rings is 1. The highest BCUT2D eigenvalue weighted by atomic mass is 19.1. The van der Waals surface area contributed by atoms with Gasteiger partial charge in [-0.1, -0.05) is 12.5 Å². The van der Waals surface area contributed by atoms with Gasteiger partial charge in [-0.2, -0.15) is 0 Å². The first kappa shape index (κ1) is 16.2. The highest BCUT2D eigenvalue weighted by Gasteiger charge is 2.29. The van der Waals surface area contributed by atoms with E-state index in [9.17, 15) is 9.18 Å². The Bertz CT molecular complexity index is 561. The van der Waals surface area contributed by atoms with Crippen LogP contribution in [0.25, 0.3) is 0 Å². The molecule has 0 radical (unpaired) electrons. The Morgan fingerprint density at radius 2 is 2.13 bits per heavy atom.